The normalized spacial score (nSPS) is 16.5. The van der Waals surface area contributed by atoms with E-state index in [-0.39, 0.29) is 11.7 Å². The Morgan fingerprint density at radius 2 is 2.33 bits per heavy atom. The quantitative estimate of drug-likeness (QED) is 0.703. The Morgan fingerprint density at radius 1 is 1.67 bits per heavy atom. The monoisotopic (exact) mass is 183 g/mol. The van der Waals surface area contributed by atoms with Gasteiger partial charge in [0.15, 0.2) is 5.78 Å². The van der Waals surface area contributed by atoms with Gasteiger partial charge in [-0.1, -0.05) is 11.6 Å². The van der Waals surface area contributed by atoms with Crippen molar-refractivity contribution < 1.29 is 4.79 Å². The molecule has 0 aliphatic heterocycles. The van der Waals surface area contributed by atoms with Crippen molar-refractivity contribution in [3.63, 3.8) is 0 Å². The average Bonchev–Trinajstić information content (AvgIpc) is 2.77. The number of aromatic amines is 1. The number of hydrogen-bond acceptors (Lipinski definition) is 1. The fourth-order valence-electron chi connectivity index (χ4n) is 1.28. The lowest BCUT2D eigenvalue weighted by Crippen LogP contribution is -2.02. The zero-order chi connectivity index (χ0) is 8.72. The summed E-state index contributed by atoms with van der Waals surface area (Å²) in [5.41, 5.74) is 1.54. The van der Waals surface area contributed by atoms with E-state index in [0.29, 0.717) is 10.7 Å². The lowest BCUT2D eigenvalue weighted by atomic mass is 10.2. The summed E-state index contributed by atoms with van der Waals surface area (Å²) in [6.07, 6.45) is 2.04. The summed E-state index contributed by atoms with van der Waals surface area (Å²) in [5.74, 6) is 0.411. The SMILES string of the molecule is Cc1cc(Cl)c(C(=O)C2CC2)[nH]1. The molecule has 1 heterocycles. The van der Waals surface area contributed by atoms with E-state index in [9.17, 15) is 4.79 Å². The summed E-state index contributed by atoms with van der Waals surface area (Å²) in [6.45, 7) is 1.90. The van der Waals surface area contributed by atoms with E-state index in [2.05, 4.69) is 4.98 Å². The van der Waals surface area contributed by atoms with Crippen LogP contribution in [0.2, 0.25) is 5.02 Å². The van der Waals surface area contributed by atoms with Crippen LogP contribution in [-0.4, -0.2) is 10.8 Å². The highest BCUT2D eigenvalue weighted by Gasteiger charge is 2.32. The highest BCUT2D eigenvalue weighted by molar-refractivity contribution is 6.34. The molecule has 1 aromatic rings. The van der Waals surface area contributed by atoms with Gasteiger partial charge < -0.3 is 4.98 Å². The molecule has 0 atom stereocenters. The van der Waals surface area contributed by atoms with E-state index in [4.69, 9.17) is 11.6 Å². The van der Waals surface area contributed by atoms with Gasteiger partial charge in [-0.2, -0.15) is 0 Å². The Bertz CT molecular complexity index is 325. The smallest absolute Gasteiger partial charge is 0.183 e. The summed E-state index contributed by atoms with van der Waals surface area (Å²) in [5, 5.41) is 0.560. The number of carbonyl (C=O) groups is 1. The van der Waals surface area contributed by atoms with Crippen LogP contribution in [-0.2, 0) is 0 Å². The Kier molecular flexibility index (Phi) is 1.72. The van der Waals surface area contributed by atoms with Crippen LogP contribution >= 0.6 is 11.6 Å². The summed E-state index contributed by atoms with van der Waals surface area (Å²) in [4.78, 5) is 14.5. The molecule has 0 amide bonds. The lowest BCUT2D eigenvalue weighted by molar-refractivity contribution is 0.0963. The first-order valence-corrected chi connectivity index (χ1v) is 4.45. The average molecular weight is 184 g/mol. The molecule has 12 heavy (non-hydrogen) atoms. The Labute approximate surface area is 75.9 Å². The maximum absolute atomic E-state index is 11.5. The molecule has 64 valence electrons. The van der Waals surface area contributed by atoms with Crippen LogP contribution in [0.5, 0.6) is 0 Å². The first-order chi connectivity index (χ1) is 5.68. The molecule has 0 unspecified atom stereocenters. The fourth-order valence-corrected chi connectivity index (χ4v) is 1.59. The minimum absolute atomic E-state index is 0.174. The van der Waals surface area contributed by atoms with Gasteiger partial charge in [0.1, 0.15) is 5.69 Å². The van der Waals surface area contributed by atoms with Crippen LogP contribution in [0.3, 0.4) is 0 Å². The molecule has 1 saturated carbocycles. The van der Waals surface area contributed by atoms with Gasteiger partial charge in [-0.25, -0.2) is 0 Å². The molecular formula is C9H10ClNO. The number of Topliss-reactive ketones (excluding diaryl/α,β-unsaturated/α-hetero) is 1. The molecule has 1 N–H and O–H groups in total. The van der Waals surface area contributed by atoms with Crippen molar-refractivity contribution in [3.8, 4) is 0 Å². The van der Waals surface area contributed by atoms with E-state index in [1.165, 1.54) is 0 Å². The lowest BCUT2D eigenvalue weighted by Gasteiger charge is -1.94. The second-order valence-electron chi connectivity index (χ2n) is 3.31. The third-order valence-corrected chi connectivity index (χ3v) is 2.40. The number of rotatable bonds is 2. The van der Waals surface area contributed by atoms with Crippen molar-refractivity contribution in [1.82, 2.24) is 4.98 Å². The van der Waals surface area contributed by atoms with Gasteiger partial charge in [0.05, 0.1) is 5.02 Å². The van der Waals surface area contributed by atoms with Gasteiger partial charge in [-0.3, -0.25) is 4.79 Å². The second kappa shape index (κ2) is 2.63. The van der Waals surface area contributed by atoms with E-state index in [1.54, 1.807) is 6.07 Å². The van der Waals surface area contributed by atoms with Gasteiger partial charge in [0, 0.05) is 11.6 Å². The zero-order valence-electron chi connectivity index (χ0n) is 6.86. The molecule has 0 spiro atoms. The van der Waals surface area contributed by atoms with Gasteiger partial charge in [-0.15, -0.1) is 0 Å². The Hall–Kier alpha value is -0.760. The molecule has 1 fully saturated rings. The first-order valence-electron chi connectivity index (χ1n) is 4.08. The predicted molar refractivity (Wildman–Crippen MR) is 47.6 cm³/mol. The number of nitrogens with one attached hydrogen (secondary N) is 1. The van der Waals surface area contributed by atoms with Gasteiger partial charge >= 0.3 is 0 Å². The van der Waals surface area contributed by atoms with E-state index in [0.717, 1.165) is 18.5 Å². The molecule has 0 aromatic carbocycles. The maximum Gasteiger partial charge on any atom is 0.183 e. The van der Waals surface area contributed by atoms with Gasteiger partial charge in [0.2, 0.25) is 0 Å². The summed E-state index contributed by atoms with van der Waals surface area (Å²) in [7, 11) is 0. The van der Waals surface area contributed by atoms with Crippen molar-refractivity contribution >= 4 is 17.4 Å². The van der Waals surface area contributed by atoms with E-state index in [1.807, 2.05) is 6.92 Å². The number of H-pyrrole nitrogens is 1. The standard InChI is InChI=1S/C9H10ClNO/c1-5-4-7(10)8(11-5)9(12)6-2-3-6/h4,6,11H,2-3H2,1H3. The number of halogens is 1. The Balaban J connectivity index is 2.31. The third kappa shape index (κ3) is 1.27. The largest absolute Gasteiger partial charge is 0.355 e. The van der Waals surface area contributed by atoms with Crippen LogP contribution in [0, 0.1) is 12.8 Å². The molecule has 1 aromatic heterocycles. The molecule has 3 heteroatoms. The summed E-state index contributed by atoms with van der Waals surface area (Å²) < 4.78 is 0. The van der Waals surface area contributed by atoms with Crippen molar-refractivity contribution in [1.29, 1.82) is 0 Å². The van der Waals surface area contributed by atoms with Crippen LogP contribution in [0.4, 0.5) is 0 Å². The predicted octanol–water partition coefficient (Wildman–Crippen LogP) is 2.57. The number of aromatic nitrogens is 1. The topological polar surface area (TPSA) is 32.9 Å². The molecule has 1 aliphatic carbocycles. The number of carbonyl (C=O) groups excluding carboxylic acids is 1. The van der Waals surface area contributed by atoms with Crippen molar-refractivity contribution in [2.75, 3.05) is 0 Å². The second-order valence-corrected chi connectivity index (χ2v) is 3.72. The highest BCUT2D eigenvalue weighted by Crippen LogP contribution is 2.34. The highest BCUT2D eigenvalue weighted by atomic mass is 35.5. The van der Waals surface area contributed by atoms with Crippen LogP contribution < -0.4 is 0 Å². The zero-order valence-corrected chi connectivity index (χ0v) is 7.61. The van der Waals surface area contributed by atoms with Crippen LogP contribution in [0.25, 0.3) is 0 Å². The molecule has 2 rings (SSSR count). The van der Waals surface area contributed by atoms with Crippen molar-refractivity contribution in [2.24, 2.45) is 5.92 Å². The molecule has 0 bridgehead atoms. The number of hydrogen-bond donors (Lipinski definition) is 1. The van der Waals surface area contributed by atoms with Crippen molar-refractivity contribution in [3.05, 3.63) is 22.5 Å². The number of aryl methyl sites for hydroxylation is 1. The van der Waals surface area contributed by atoms with Gasteiger partial charge in [-0.05, 0) is 25.8 Å². The van der Waals surface area contributed by atoms with Crippen LogP contribution in [0.15, 0.2) is 6.07 Å². The maximum atomic E-state index is 11.5. The minimum Gasteiger partial charge on any atom is -0.355 e. The summed E-state index contributed by atoms with van der Waals surface area (Å²) >= 11 is 5.86. The molecular weight excluding hydrogens is 174 g/mol. The summed E-state index contributed by atoms with van der Waals surface area (Å²) in [6, 6.07) is 1.79. The first kappa shape index (κ1) is 7.87. The molecule has 0 radical (unpaired) electrons. The number of ketones is 1. The van der Waals surface area contributed by atoms with Crippen molar-refractivity contribution in [2.45, 2.75) is 19.8 Å². The molecule has 2 nitrogen and oxygen atoms in total. The molecule has 1 aliphatic rings. The van der Waals surface area contributed by atoms with Crippen LogP contribution in [0.1, 0.15) is 29.0 Å². The van der Waals surface area contributed by atoms with Gasteiger partial charge in [0.25, 0.3) is 0 Å². The minimum atomic E-state index is 0.174. The van der Waals surface area contributed by atoms with E-state index >= 15 is 0 Å². The fraction of sp³-hybridized carbons (Fsp3) is 0.444. The molecule has 0 saturated heterocycles. The van der Waals surface area contributed by atoms with E-state index < -0.39 is 0 Å². The third-order valence-electron chi connectivity index (χ3n) is 2.10. The Morgan fingerprint density at radius 3 is 2.75 bits per heavy atom.